The van der Waals surface area contributed by atoms with E-state index in [1.165, 1.54) is 0 Å². The summed E-state index contributed by atoms with van der Waals surface area (Å²) in [5.74, 6) is 0.477. The number of rotatable bonds is 3. The zero-order valence-electron chi connectivity index (χ0n) is 9.69. The molecule has 6 heteroatoms. The Balaban J connectivity index is 1.94. The molecule has 0 saturated heterocycles. The number of hydrogen-bond donors (Lipinski definition) is 2. The molecule has 0 unspecified atom stereocenters. The van der Waals surface area contributed by atoms with Gasteiger partial charge in [0.05, 0.1) is 0 Å². The highest BCUT2D eigenvalue weighted by atomic mass is 16.2. The van der Waals surface area contributed by atoms with E-state index in [9.17, 15) is 4.79 Å². The van der Waals surface area contributed by atoms with E-state index in [1.54, 1.807) is 13.1 Å². The van der Waals surface area contributed by atoms with E-state index in [2.05, 4.69) is 25.5 Å². The molecule has 1 amide bonds. The lowest BCUT2D eigenvalue weighted by Gasteiger charge is -2.02. The minimum Gasteiger partial charge on any atom is -0.345 e. The molecule has 0 saturated carbocycles. The minimum absolute atomic E-state index is 0.155. The SMILES string of the molecule is Cc1ccc(CNC(=O)c2n[nH]c(C)n2)cn1. The smallest absolute Gasteiger partial charge is 0.291 e. The van der Waals surface area contributed by atoms with Crippen LogP contribution >= 0.6 is 0 Å². The van der Waals surface area contributed by atoms with Crippen molar-refractivity contribution in [1.82, 2.24) is 25.5 Å². The number of pyridine rings is 1. The van der Waals surface area contributed by atoms with Crippen LogP contribution in [0.3, 0.4) is 0 Å². The molecule has 2 aromatic rings. The van der Waals surface area contributed by atoms with Gasteiger partial charge >= 0.3 is 0 Å². The van der Waals surface area contributed by atoms with Crippen LogP contribution in [0.5, 0.6) is 0 Å². The number of aryl methyl sites for hydroxylation is 2. The van der Waals surface area contributed by atoms with Gasteiger partial charge in [-0.1, -0.05) is 6.07 Å². The Labute approximate surface area is 98.5 Å². The topological polar surface area (TPSA) is 83.6 Å². The number of aromatic amines is 1. The Bertz CT molecular complexity index is 517. The third-order valence-electron chi connectivity index (χ3n) is 2.23. The molecule has 2 rings (SSSR count). The van der Waals surface area contributed by atoms with Gasteiger partial charge in [0, 0.05) is 18.4 Å². The number of H-pyrrole nitrogens is 1. The highest BCUT2D eigenvalue weighted by Crippen LogP contribution is 1.99. The average Bonchev–Trinajstić information content (AvgIpc) is 2.75. The second-order valence-electron chi connectivity index (χ2n) is 3.73. The van der Waals surface area contributed by atoms with Crippen molar-refractivity contribution in [3.8, 4) is 0 Å². The summed E-state index contributed by atoms with van der Waals surface area (Å²) >= 11 is 0. The van der Waals surface area contributed by atoms with Gasteiger partial charge in [0.2, 0.25) is 5.82 Å². The Hall–Kier alpha value is -2.24. The summed E-state index contributed by atoms with van der Waals surface area (Å²) in [5.41, 5.74) is 1.89. The predicted octanol–water partition coefficient (Wildman–Crippen LogP) is 0.747. The lowest BCUT2D eigenvalue weighted by molar-refractivity contribution is 0.0941. The van der Waals surface area contributed by atoms with Crippen LogP contribution in [0.25, 0.3) is 0 Å². The first-order chi connectivity index (χ1) is 8.15. The van der Waals surface area contributed by atoms with Crippen molar-refractivity contribution in [2.75, 3.05) is 0 Å². The summed E-state index contributed by atoms with van der Waals surface area (Å²) in [6, 6.07) is 3.82. The lowest BCUT2D eigenvalue weighted by atomic mass is 10.2. The van der Waals surface area contributed by atoms with Gasteiger partial charge in [-0.3, -0.25) is 14.9 Å². The van der Waals surface area contributed by atoms with Crippen LogP contribution in [0.2, 0.25) is 0 Å². The van der Waals surface area contributed by atoms with Gasteiger partial charge in [0.25, 0.3) is 5.91 Å². The third kappa shape index (κ3) is 2.87. The van der Waals surface area contributed by atoms with Gasteiger partial charge in [0.15, 0.2) is 0 Å². The Morgan fingerprint density at radius 2 is 2.24 bits per heavy atom. The van der Waals surface area contributed by atoms with Crippen molar-refractivity contribution >= 4 is 5.91 Å². The second kappa shape index (κ2) is 4.73. The lowest BCUT2D eigenvalue weighted by Crippen LogP contribution is -2.24. The Morgan fingerprint density at radius 3 is 2.82 bits per heavy atom. The van der Waals surface area contributed by atoms with Gasteiger partial charge in [-0.2, -0.15) is 0 Å². The van der Waals surface area contributed by atoms with Crippen molar-refractivity contribution in [3.05, 3.63) is 41.2 Å². The maximum absolute atomic E-state index is 11.6. The van der Waals surface area contributed by atoms with E-state index >= 15 is 0 Å². The molecule has 0 bridgehead atoms. The number of aromatic nitrogens is 4. The van der Waals surface area contributed by atoms with Gasteiger partial charge in [-0.05, 0) is 25.5 Å². The zero-order chi connectivity index (χ0) is 12.3. The van der Waals surface area contributed by atoms with E-state index in [4.69, 9.17) is 0 Å². The monoisotopic (exact) mass is 231 g/mol. The molecule has 17 heavy (non-hydrogen) atoms. The van der Waals surface area contributed by atoms with Crippen molar-refractivity contribution in [2.24, 2.45) is 0 Å². The fraction of sp³-hybridized carbons (Fsp3) is 0.273. The molecule has 0 fully saturated rings. The number of nitrogens with zero attached hydrogens (tertiary/aromatic N) is 3. The van der Waals surface area contributed by atoms with Gasteiger partial charge < -0.3 is 5.32 Å². The van der Waals surface area contributed by atoms with Crippen LogP contribution < -0.4 is 5.32 Å². The highest BCUT2D eigenvalue weighted by molar-refractivity contribution is 5.90. The normalized spacial score (nSPS) is 10.2. The van der Waals surface area contributed by atoms with Gasteiger partial charge in [-0.25, -0.2) is 4.98 Å². The summed E-state index contributed by atoms with van der Waals surface area (Å²) in [7, 11) is 0. The zero-order valence-corrected chi connectivity index (χ0v) is 9.69. The first-order valence-corrected chi connectivity index (χ1v) is 5.24. The molecule has 0 atom stereocenters. The second-order valence-corrected chi connectivity index (χ2v) is 3.73. The molecule has 2 N–H and O–H groups in total. The van der Waals surface area contributed by atoms with Crippen LogP contribution in [0.1, 0.15) is 27.7 Å². The fourth-order valence-corrected chi connectivity index (χ4v) is 1.31. The maximum Gasteiger partial charge on any atom is 0.291 e. The van der Waals surface area contributed by atoms with Crippen molar-refractivity contribution in [3.63, 3.8) is 0 Å². The molecule has 0 spiro atoms. The standard InChI is InChI=1S/C11H13N5O/c1-7-3-4-9(5-12-7)6-13-11(17)10-14-8(2)15-16-10/h3-5H,6H2,1-2H3,(H,13,17)(H,14,15,16). The highest BCUT2D eigenvalue weighted by Gasteiger charge is 2.10. The molecule has 2 aromatic heterocycles. The molecular formula is C11H13N5O. The Kier molecular flexibility index (Phi) is 3.13. The largest absolute Gasteiger partial charge is 0.345 e. The molecule has 0 aliphatic rings. The summed E-state index contributed by atoms with van der Waals surface area (Å²) < 4.78 is 0. The minimum atomic E-state index is -0.296. The van der Waals surface area contributed by atoms with E-state index in [1.807, 2.05) is 19.1 Å². The van der Waals surface area contributed by atoms with E-state index in [0.717, 1.165) is 11.3 Å². The van der Waals surface area contributed by atoms with E-state index < -0.39 is 0 Å². The third-order valence-corrected chi connectivity index (χ3v) is 2.23. The van der Waals surface area contributed by atoms with Crippen LogP contribution in [0, 0.1) is 13.8 Å². The van der Waals surface area contributed by atoms with Crippen LogP contribution in [0.15, 0.2) is 18.3 Å². The molecule has 0 radical (unpaired) electrons. The first kappa shape index (κ1) is 11.3. The van der Waals surface area contributed by atoms with E-state index in [-0.39, 0.29) is 11.7 Å². The quantitative estimate of drug-likeness (QED) is 0.816. The number of carbonyl (C=O) groups excluding carboxylic acids is 1. The van der Waals surface area contributed by atoms with Crippen molar-refractivity contribution < 1.29 is 4.79 Å². The molecule has 6 nitrogen and oxygen atoms in total. The summed E-state index contributed by atoms with van der Waals surface area (Å²) in [6.07, 6.45) is 1.73. The predicted molar refractivity (Wildman–Crippen MR) is 61.3 cm³/mol. The summed E-state index contributed by atoms with van der Waals surface area (Å²) in [4.78, 5) is 19.7. The number of nitrogens with one attached hydrogen (secondary N) is 2. The van der Waals surface area contributed by atoms with Crippen molar-refractivity contribution in [1.29, 1.82) is 0 Å². The Morgan fingerprint density at radius 1 is 1.41 bits per heavy atom. The van der Waals surface area contributed by atoms with Crippen LogP contribution in [0.4, 0.5) is 0 Å². The first-order valence-electron chi connectivity index (χ1n) is 5.24. The molecule has 2 heterocycles. The average molecular weight is 231 g/mol. The number of amides is 1. The van der Waals surface area contributed by atoms with Crippen molar-refractivity contribution in [2.45, 2.75) is 20.4 Å². The van der Waals surface area contributed by atoms with E-state index in [0.29, 0.717) is 12.4 Å². The summed E-state index contributed by atoms with van der Waals surface area (Å²) in [5, 5.41) is 9.12. The van der Waals surface area contributed by atoms with Gasteiger partial charge in [-0.15, -0.1) is 5.10 Å². The molecular weight excluding hydrogens is 218 g/mol. The van der Waals surface area contributed by atoms with Crippen LogP contribution in [-0.4, -0.2) is 26.1 Å². The molecule has 0 aromatic carbocycles. The number of hydrogen-bond acceptors (Lipinski definition) is 4. The van der Waals surface area contributed by atoms with Gasteiger partial charge in [0.1, 0.15) is 5.82 Å². The maximum atomic E-state index is 11.6. The van der Waals surface area contributed by atoms with Crippen LogP contribution in [-0.2, 0) is 6.54 Å². The summed E-state index contributed by atoms with van der Waals surface area (Å²) in [6.45, 7) is 4.08. The fourth-order valence-electron chi connectivity index (χ4n) is 1.31. The molecule has 88 valence electrons. The number of carbonyl (C=O) groups is 1. The molecule has 0 aliphatic heterocycles. The molecule has 0 aliphatic carbocycles.